The third-order valence-corrected chi connectivity index (χ3v) is 3.22. The van der Waals surface area contributed by atoms with E-state index in [1.54, 1.807) is 0 Å². The van der Waals surface area contributed by atoms with E-state index >= 15 is 0 Å². The molecule has 1 aromatic heterocycles. The molecule has 0 aliphatic carbocycles. The second-order valence-electron chi connectivity index (χ2n) is 5.18. The number of rotatable bonds is 5. The molecule has 1 nitrogen and oxygen atoms in total. The van der Waals surface area contributed by atoms with E-state index < -0.39 is 0 Å². The average molecular weight is 254 g/mol. The Morgan fingerprint density at radius 1 is 1.21 bits per heavy atom. The molecular weight excluding hydrogens is 232 g/mol. The van der Waals surface area contributed by atoms with E-state index in [-0.39, 0.29) is 0 Å². The van der Waals surface area contributed by atoms with Gasteiger partial charge in [0, 0.05) is 17.4 Å². The molecule has 0 bridgehead atoms. The molecule has 2 rings (SSSR count). The van der Waals surface area contributed by atoms with Crippen molar-refractivity contribution in [3.05, 3.63) is 46.9 Å². The van der Waals surface area contributed by atoms with Gasteiger partial charge in [-0.15, -0.1) is 5.73 Å². The Labute approximate surface area is 115 Å². The minimum Gasteiger partial charge on any atom is -0.460 e. The van der Waals surface area contributed by atoms with Crippen molar-refractivity contribution in [1.82, 2.24) is 0 Å². The van der Waals surface area contributed by atoms with Crippen LogP contribution >= 0.6 is 0 Å². The largest absolute Gasteiger partial charge is 0.460 e. The van der Waals surface area contributed by atoms with Gasteiger partial charge in [0.1, 0.15) is 11.3 Å². The fourth-order valence-corrected chi connectivity index (χ4v) is 2.21. The molecule has 0 aliphatic heterocycles. The summed E-state index contributed by atoms with van der Waals surface area (Å²) < 4.78 is 6.00. The number of benzene rings is 1. The van der Waals surface area contributed by atoms with Crippen molar-refractivity contribution in [3.63, 3.8) is 0 Å². The van der Waals surface area contributed by atoms with Crippen LogP contribution in [-0.2, 0) is 6.42 Å². The van der Waals surface area contributed by atoms with Gasteiger partial charge < -0.3 is 4.42 Å². The minimum absolute atomic E-state index is 0.982. The van der Waals surface area contributed by atoms with Crippen LogP contribution in [0.2, 0.25) is 0 Å². The number of unbranched alkanes of at least 4 members (excludes halogenated alkanes) is 2. The van der Waals surface area contributed by atoms with Crippen molar-refractivity contribution < 1.29 is 4.42 Å². The van der Waals surface area contributed by atoms with E-state index in [0.29, 0.717) is 0 Å². The van der Waals surface area contributed by atoms with Crippen LogP contribution in [0.15, 0.2) is 40.0 Å². The van der Waals surface area contributed by atoms with Gasteiger partial charge in [-0.2, -0.15) is 0 Å². The minimum atomic E-state index is 0.982. The van der Waals surface area contributed by atoms with E-state index in [4.69, 9.17) is 4.42 Å². The summed E-state index contributed by atoms with van der Waals surface area (Å²) in [4.78, 5) is 0. The molecule has 2 aromatic rings. The van der Waals surface area contributed by atoms with Crippen LogP contribution in [0.5, 0.6) is 0 Å². The lowest BCUT2D eigenvalue weighted by Crippen LogP contribution is -1.85. The second-order valence-corrected chi connectivity index (χ2v) is 5.18. The van der Waals surface area contributed by atoms with Gasteiger partial charge in [-0.05, 0) is 38.0 Å². The summed E-state index contributed by atoms with van der Waals surface area (Å²) in [5.74, 6) is 1.10. The van der Waals surface area contributed by atoms with Gasteiger partial charge in [0.15, 0.2) is 0 Å². The first kappa shape index (κ1) is 13.7. The van der Waals surface area contributed by atoms with Crippen LogP contribution in [0.3, 0.4) is 0 Å². The fourth-order valence-electron chi connectivity index (χ4n) is 2.21. The molecule has 0 fully saturated rings. The van der Waals surface area contributed by atoms with Gasteiger partial charge in [0.2, 0.25) is 0 Å². The number of aryl methyl sites for hydroxylation is 1. The van der Waals surface area contributed by atoms with E-state index in [1.807, 2.05) is 12.1 Å². The summed E-state index contributed by atoms with van der Waals surface area (Å²) in [6, 6.07) is 8.25. The van der Waals surface area contributed by atoms with Gasteiger partial charge in [0.25, 0.3) is 0 Å². The summed E-state index contributed by atoms with van der Waals surface area (Å²) in [6.45, 7) is 6.35. The molecule has 0 unspecified atom stereocenters. The standard InChI is InChI=1S/C18H22O/c1-4-5-6-10-18-16(13-12-14(2)3)15-9-7-8-11-17(15)19-18/h7-9,11,13H,4-6,10H2,1-3H3. The van der Waals surface area contributed by atoms with Crippen molar-refractivity contribution in [1.29, 1.82) is 0 Å². The lowest BCUT2D eigenvalue weighted by atomic mass is 10.1. The van der Waals surface area contributed by atoms with Crippen LogP contribution in [0.25, 0.3) is 17.0 Å². The molecule has 0 N–H and O–H groups in total. The monoisotopic (exact) mass is 254 g/mol. The molecule has 1 heteroatoms. The highest BCUT2D eigenvalue weighted by atomic mass is 16.3. The Morgan fingerprint density at radius 2 is 2.00 bits per heavy atom. The van der Waals surface area contributed by atoms with E-state index in [9.17, 15) is 0 Å². The Bertz CT molecular complexity index is 606. The molecule has 1 heterocycles. The molecule has 19 heavy (non-hydrogen) atoms. The maximum atomic E-state index is 6.00. The lowest BCUT2D eigenvalue weighted by Gasteiger charge is -1.97. The van der Waals surface area contributed by atoms with Gasteiger partial charge in [0.05, 0.1) is 0 Å². The predicted molar refractivity (Wildman–Crippen MR) is 82.3 cm³/mol. The van der Waals surface area contributed by atoms with E-state index in [1.165, 1.54) is 35.8 Å². The number of hydrogen-bond acceptors (Lipinski definition) is 1. The molecule has 0 saturated heterocycles. The van der Waals surface area contributed by atoms with Gasteiger partial charge in [-0.1, -0.05) is 38.0 Å². The van der Waals surface area contributed by atoms with Crippen LogP contribution in [0, 0.1) is 0 Å². The first-order valence-corrected chi connectivity index (χ1v) is 7.12. The van der Waals surface area contributed by atoms with Crippen molar-refractivity contribution in [3.8, 4) is 0 Å². The van der Waals surface area contributed by atoms with Crippen LogP contribution in [0.4, 0.5) is 0 Å². The van der Waals surface area contributed by atoms with Gasteiger partial charge in [-0.3, -0.25) is 0 Å². The zero-order valence-corrected chi connectivity index (χ0v) is 12.1. The molecule has 0 radical (unpaired) electrons. The Kier molecular flexibility index (Phi) is 4.65. The van der Waals surface area contributed by atoms with Crippen molar-refractivity contribution in [2.75, 3.05) is 0 Å². The SMILES string of the molecule is CCCCCc1oc2ccccc2c1C=C=C(C)C. The first-order valence-electron chi connectivity index (χ1n) is 7.12. The summed E-state index contributed by atoms with van der Waals surface area (Å²) in [7, 11) is 0. The zero-order chi connectivity index (χ0) is 13.7. The number of hydrogen-bond donors (Lipinski definition) is 0. The third-order valence-electron chi connectivity index (χ3n) is 3.22. The second kappa shape index (κ2) is 6.45. The number of furan rings is 1. The molecule has 0 amide bonds. The highest BCUT2D eigenvalue weighted by Crippen LogP contribution is 2.28. The topological polar surface area (TPSA) is 13.1 Å². The maximum Gasteiger partial charge on any atom is 0.134 e. The quantitative estimate of drug-likeness (QED) is 0.489. The third kappa shape index (κ3) is 3.39. The molecule has 0 aliphatic rings. The van der Waals surface area contributed by atoms with Crippen molar-refractivity contribution >= 4 is 17.0 Å². The first-order chi connectivity index (χ1) is 9.22. The Morgan fingerprint density at radius 3 is 2.74 bits per heavy atom. The fraction of sp³-hybridized carbons (Fsp3) is 0.389. The summed E-state index contributed by atoms with van der Waals surface area (Å²) in [6.07, 6.45) is 6.76. The van der Waals surface area contributed by atoms with Crippen LogP contribution < -0.4 is 0 Å². The smallest absolute Gasteiger partial charge is 0.134 e. The zero-order valence-electron chi connectivity index (χ0n) is 12.1. The van der Waals surface area contributed by atoms with E-state index in [2.05, 4.69) is 44.7 Å². The Hall–Kier alpha value is -1.72. The average Bonchev–Trinajstić information content (AvgIpc) is 2.74. The van der Waals surface area contributed by atoms with Crippen molar-refractivity contribution in [2.24, 2.45) is 0 Å². The highest BCUT2D eigenvalue weighted by Gasteiger charge is 2.10. The molecule has 0 spiro atoms. The molecule has 0 saturated carbocycles. The molecular formula is C18H22O. The van der Waals surface area contributed by atoms with Gasteiger partial charge in [-0.25, -0.2) is 0 Å². The highest BCUT2D eigenvalue weighted by molar-refractivity contribution is 5.88. The summed E-state index contributed by atoms with van der Waals surface area (Å²) in [5, 5.41) is 1.20. The number of fused-ring (bicyclic) bond motifs is 1. The van der Waals surface area contributed by atoms with Crippen LogP contribution in [-0.4, -0.2) is 0 Å². The van der Waals surface area contributed by atoms with E-state index in [0.717, 1.165) is 17.8 Å². The lowest BCUT2D eigenvalue weighted by molar-refractivity contribution is 0.530. The maximum absolute atomic E-state index is 6.00. The van der Waals surface area contributed by atoms with Crippen molar-refractivity contribution in [2.45, 2.75) is 46.5 Å². The summed E-state index contributed by atoms with van der Waals surface area (Å²) in [5.41, 5.74) is 6.67. The van der Waals surface area contributed by atoms with Gasteiger partial charge >= 0.3 is 0 Å². The van der Waals surface area contributed by atoms with Crippen LogP contribution in [0.1, 0.15) is 51.4 Å². The molecule has 0 atom stereocenters. The number of allylic oxidation sites excluding steroid dienone is 1. The normalized spacial score (nSPS) is 10.5. The molecule has 100 valence electrons. The predicted octanol–water partition coefficient (Wildman–Crippen LogP) is 5.74. The summed E-state index contributed by atoms with van der Waals surface area (Å²) >= 11 is 0. The molecule has 1 aromatic carbocycles. The Balaban J connectivity index is 2.43. The number of para-hydroxylation sites is 1.